The normalized spacial score (nSPS) is 11.9. The molecule has 3 heterocycles. The zero-order valence-electron chi connectivity index (χ0n) is 14.7. The number of halogens is 3. The number of benzene rings is 1. The van der Waals surface area contributed by atoms with Gasteiger partial charge in [-0.1, -0.05) is 23.5 Å². The van der Waals surface area contributed by atoms with Gasteiger partial charge in [0.15, 0.2) is 0 Å². The van der Waals surface area contributed by atoms with E-state index >= 15 is 0 Å². The summed E-state index contributed by atoms with van der Waals surface area (Å²) in [4.78, 5) is 14.8. The van der Waals surface area contributed by atoms with E-state index in [0.717, 1.165) is 43.8 Å². The summed E-state index contributed by atoms with van der Waals surface area (Å²) in [6, 6.07) is 13.0. The number of rotatable bonds is 4. The number of aryl methyl sites for hydroxylation is 1. The van der Waals surface area contributed by atoms with Crippen LogP contribution in [-0.2, 0) is 0 Å². The largest absolute Gasteiger partial charge is 0.398 e. The van der Waals surface area contributed by atoms with Crippen molar-refractivity contribution in [1.82, 2.24) is 15.0 Å². The Bertz CT molecular complexity index is 1120. The number of alkyl halides is 3. The Labute approximate surface area is 167 Å². The van der Waals surface area contributed by atoms with E-state index in [9.17, 15) is 13.2 Å². The molecule has 0 fully saturated rings. The molecule has 3 nitrogen and oxygen atoms in total. The van der Waals surface area contributed by atoms with Gasteiger partial charge in [-0.2, -0.15) is 13.2 Å². The fourth-order valence-corrected chi connectivity index (χ4v) is 4.42. The topological polar surface area (TPSA) is 38.7 Å². The molecule has 1 aromatic carbocycles. The van der Waals surface area contributed by atoms with Crippen LogP contribution in [-0.4, -0.2) is 26.9 Å². The highest BCUT2D eigenvalue weighted by Gasteiger charge is 2.27. The third-order valence-electron chi connectivity index (χ3n) is 4.04. The van der Waals surface area contributed by atoms with Crippen LogP contribution in [0.15, 0.2) is 59.8 Å². The van der Waals surface area contributed by atoms with E-state index in [1.54, 1.807) is 18.5 Å². The molecule has 0 aliphatic rings. The maximum Gasteiger partial charge on any atom is 0.398 e. The molecule has 0 aliphatic heterocycles. The van der Waals surface area contributed by atoms with Gasteiger partial charge in [0.1, 0.15) is 15.4 Å². The number of nitrogens with zero attached hydrogens (tertiary/aromatic N) is 3. The average molecular weight is 417 g/mol. The Kier molecular flexibility index (Phi) is 5.07. The first-order valence-corrected chi connectivity index (χ1v) is 10.2. The zero-order chi connectivity index (χ0) is 19.7. The van der Waals surface area contributed by atoms with Gasteiger partial charge in [-0.05, 0) is 42.8 Å². The summed E-state index contributed by atoms with van der Waals surface area (Å²) in [5.74, 6) is -0.910. The third-order valence-corrected chi connectivity index (χ3v) is 6.28. The molecular formula is C20H14F3N3S2. The third kappa shape index (κ3) is 4.18. The summed E-state index contributed by atoms with van der Waals surface area (Å²) in [5, 5.41) is 0.832. The van der Waals surface area contributed by atoms with Crippen LogP contribution in [0.2, 0.25) is 0 Å². The Morgan fingerprint density at radius 1 is 1.04 bits per heavy atom. The smallest absolute Gasteiger partial charge is 0.264 e. The summed E-state index contributed by atoms with van der Waals surface area (Å²) in [6.07, 6.45) is -0.739. The van der Waals surface area contributed by atoms with Crippen LogP contribution < -0.4 is 0 Å². The number of aromatic nitrogens is 3. The van der Waals surface area contributed by atoms with Crippen LogP contribution >= 0.6 is 23.1 Å². The first-order valence-electron chi connectivity index (χ1n) is 8.38. The van der Waals surface area contributed by atoms with Crippen molar-refractivity contribution < 1.29 is 13.2 Å². The van der Waals surface area contributed by atoms with E-state index in [1.165, 1.54) is 11.3 Å². The van der Waals surface area contributed by atoms with Crippen LogP contribution in [0, 0.1) is 6.92 Å². The number of hydrogen-bond acceptors (Lipinski definition) is 5. The molecule has 0 spiro atoms. The van der Waals surface area contributed by atoms with Gasteiger partial charge in [0, 0.05) is 28.4 Å². The van der Waals surface area contributed by atoms with Crippen LogP contribution in [0.25, 0.3) is 32.2 Å². The molecule has 0 bridgehead atoms. The van der Waals surface area contributed by atoms with Gasteiger partial charge < -0.3 is 0 Å². The van der Waals surface area contributed by atoms with Gasteiger partial charge in [0.05, 0.1) is 11.4 Å². The van der Waals surface area contributed by atoms with E-state index in [0.29, 0.717) is 10.6 Å². The van der Waals surface area contributed by atoms with Gasteiger partial charge in [-0.3, -0.25) is 4.98 Å². The van der Waals surface area contributed by atoms with Crippen LogP contribution in [0.1, 0.15) is 5.56 Å². The fourth-order valence-electron chi connectivity index (χ4n) is 2.67. The standard InChI is InChI=1S/C20H14F3N3S2/c1-12-4-5-13(9-17(12)27-11-20(21,22)23)15-6-7-16-19(25-15)28-18(26-16)14-3-2-8-24-10-14/h2-10H,11H2,1H3. The molecule has 0 amide bonds. The monoisotopic (exact) mass is 417 g/mol. The Balaban J connectivity index is 1.67. The van der Waals surface area contributed by atoms with Crippen molar-refractivity contribution in [1.29, 1.82) is 0 Å². The Morgan fingerprint density at radius 3 is 2.64 bits per heavy atom. The molecule has 0 radical (unpaired) electrons. The highest BCUT2D eigenvalue weighted by atomic mass is 32.2. The SMILES string of the molecule is Cc1ccc(-c2ccc3nc(-c4cccnc4)sc3n2)cc1SCC(F)(F)F. The van der Waals surface area contributed by atoms with Crippen LogP contribution in [0.4, 0.5) is 13.2 Å². The van der Waals surface area contributed by atoms with Crippen molar-refractivity contribution in [3.8, 4) is 21.8 Å². The summed E-state index contributed by atoms with van der Waals surface area (Å²) in [5.41, 5.74) is 4.02. The van der Waals surface area contributed by atoms with Crippen LogP contribution in [0.3, 0.4) is 0 Å². The molecule has 142 valence electrons. The molecule has 4 rings (SSSR count). The van der Waals surface area contributed by atoms with E-state index in [4.69, 9.17) is 0 Å². The maximum absolute atomic E-state index is 12.6. The van der Waals surface area contributed by atoms with Crippen molar-refractivity contribution in [3.63, 3.8) is 0 Å². The van der Waals surface area contributed by atoms with Gasteiger partial charge in [0.2, 0.25) is 0 Å². The van der Waals surface area contributed by atoms with Crippen molar-refractivity contribution in [2.24, 2.45) is 0 Å². The quantitative estimate of drug-likeness (QED) is 0.361. The van der Waals surface area contributed by atoms with E-state index in [-0.39, 0.29) is 0 Å². The molecule has 3 aromatic heterocycles. The molecule has 0 N–H and O–H groups in total. The molecule has 8 heteroatoms. The molecule has 0 aliphatic carbocycles. The minimum Gasteiger partial charge on any atom is -0.264 e. The minimum absolute atomic E-state index is 0.608. The summed E-state index contributed by atoms with van der Waals surface area (Å²) >= 11 is 2.26. The second kappa shape index (κ2) is 7.52. The first kappa shape index (κ1) is 18.9. The molecule has 28 heavy (non-hydrogen) atoms. The first-order chi connectivity index (χ1) is 13.4. The predicted octanol–water partition coefficient (Wildman–Crippen LogP) is 6.38. The Hall–Kier alpha value is -2.45. The molecule has 0 saturated carbocycles. The van der Waals surface area contributed by atoms with Crippen LogP contribution in [0.5, 0.6) is 0 Å². The number of pyridine rings is 2. The second-order valence-corrected chi connectivity index (χ2v) is 8.16. The lowest BCUT2D eigenvalue weighted by molar-refractivity contribution is -0.105. The lowest BCUT2D eigenvalue weighted by Crippen LogP contribution is -2.10. The average Bonchev–Trinajstić information content (AvgIpc) is 3.11. The zero-order valence-corrected chi connectivity index (χ0v) is 16.3. The van der Waals surface area contributed by atoms with E-state index < -0.39 is 11.9 Å². The van der Waals surface area contributed by atoms with Crippen molar-refractivity contribution in [3.05, 3.63) is 60.4 Å². The summed E-state index contributed by atoms with van der Waals surface area (Å²) in [6.45, 7) is 1.81. The Morgan fingerprint density at radius 2 is 1.89 bits per heavy atom. The summed E-state index contributed by atoms with van der Waals surface area (Å²) < 4.78 is 37.7. The van der Waals surface area contributed by atoms with Crippen molar-refractivity contribution >= 4 is 33.4 Å². The number of thiazole rings is 1. The molecule has 0 unspecified atom stereocenters. The lowest BCUT2D eigenvalue weighted by atomic mass is 10.1. The number of fused-ring (bicyclic) bond motifs is 1. The molecular weight excluding hydrogens is 403 g/mol. The van der Waals surface area contributed by atoms with Gasteiger partial charge >= 0.3 is 6.18 Å². The van der Waals surface area contributed by atoms with E-state index in [2.05, 4.69) is 15.0 Å². The number of thioether (sulfide) groups is 1. The highest BCUT2D eigenvalue weighted by Crippen LogP contribution is 2.34. The van der Waals surface area contributed by atoms with E-state index in [1.807, 2.05) is 43.3 Å². The van der Waals surface area contributed by atoms with Crippen molar-refractivity contribution in [2.75, 3.05) is 5.75 Å². The van der Waals surface area contributed by atoms with Crippen molar-refractivity contribution in [2.45, 2.75) is 18.0 Å². The summed E-state index contributed by atoms with van der Waals surface area (Å²) in [7, 11) is 0. The molecule has 0 saturated heterocycles. The lowest BCUT2D eigenvalue weighted by Gasteiger charge is -2.10. The van der Waals surface area contributed by atoms with Gasteiger partial charge in [-0.15, -0.1) is 11.8 Å². The molecule has 4 aromatic rings. The second-order valence-electron chi connectivity index (χ2n) is 6.17. The maximum atomic E-state index is 12.6. The fraction of sp³-hybridized carbons (Fsp3) is 0.150. The van der Waals surface area contributed by atoms with Gasteiger partial charge in [-0.25, -0.2) is 9.97 Å². The van der Waals surface area contributed by atoms with Gasteiger partial charge in [0.25, 0.3) is 0 Å². The molecule has 0 atom stereocenters. The predicted molar refractivity (Wildman–Crippen MR) is 108 cm³/mol. The highest BCUT2D eigenvalue weighted by molar-refractivity contribution is 7.99. The minimum atomic E-state index is -4.20. The number of hydrogen-bond donors (Lipinski definition) is 0.